The number of rotatable bonds is 3. The Hall–Kier alpha value is -1.81. The van der Waals surface area contributed by atoms with E-state index in [4.69, 9.17) is 5.73 Å². The van der Waals surface area contributed by atoms with E-state index in [0.717, 1.165) is 11.1 Å². The highest BCUT2D eigenvalue weighted by Gasteiger charge is 2.18. The van der Waals surface area contributed by atoms with Crippen LogP contribution < -0.4 is 5.73 Å². The van der Waals surface area contributed by atoms with E-state index in [2.05, 4.69) is 20.8 Å². The van der Waals surface area contributed by atoms with E-state index < -0.39 is 9.84 Å². The van der Waals surface area contributed by atoms with E-state index >= 15 is 0 Å². The molecule has 0 saturated carbocycles. The maximum Gasteiger partial charge on any atom is 0.182 e. The van der Waals surface area contributed by atoms with Crippen LogP contribution in [0.5, 0.6) is 0 Å². The van der Waals surface area contributed by atoms with Gasteiger partial charge in [-0.1, -0.05) is 45.0 Å². The highest BCUT2D eigenvalue weighted by molar-refractivity contribution is 7.90. The number of benzene rings is 2. The van der Waals surface area contributed by atoms with Crippen LogP contribution in [0.1, 0.15) is 31.9 Å². The summed E-state index contributed by atoms with van der Waals surface area (Å²) in [6.07, 6.45) is 0. The highest BCUT2D eigenvalue weighted by atomic mass is 32.2. The monoisotopic (exact) mass is 303 g/mol. The summed E-state index contributed by atoms with van der Waals surface area (Å²) >= 11 is 0. The van der Waals surface area contributed by atoms with Crippen LogP contribution in [0, 0.1) is 0 Å². The van der Waals surface area contributed by atoms with Gasteiger partial charge in [-0.15, -0.1) is 0 Å². The summed E-state index contributed by atoms with van der Waals surface area (Å²) < 4.78 is 24.8. The van der Waals surface area contributed by atoms with Crippen LogP contribution in [0.2, 0.25) is 0 Å². The second-order valence-electron chi connectivity index (χ2n) is 6.28. The second kappa shape index (κ2) is 5.53. The van der Waals surface area contributed by atoms with Crippen molar-refractivity contribution in [3.63, 3.8) is 0 Å². The maximum absolute atomic E-state index is 12.4. The highest BCUT2D eigenvalue weighted by Crippen LogP contribution is 2.24. The minimum absolute atomic E-state index is 0.0118. The zero-order valence-electron chi connectivity index (χ0n) is 12.6. The zero-order valence-corrected chi connectivity index (χ0v) is 13.4. The lowest BCUT2D eigenvalue weighted by Crippen LogP contribution is -2.11. The van der Waals surface area contributed by atoms with Crippen LogP contribution in [0.4, 0.5) is 5.69 Å². The van der Waals surface area contributed by atoms with Gasteiger partial charge < -0.3 is 5.73 Å². The molecule has 0 amide bonds. The van der Waals surface area contributed by atoms with E-state index in [0.29, 0.717) is 10.6 Å². The number of hydrogen-bond donors (Lipinski definition) is 1. The van der Waals surface area contributed by atoms with Crippen LogP contribution in [0.15, 0.2) is 53.4 Å². The van der Waals surface area contributed by atoms with Crippen molar-refractivity contribution >= 4 is 15.5 Å². The molecule has 112 valence electrons. The van der Waals surface area contributed by atoms with Gasteiger partial charge in [-0.3, -0.25) is 0 Å². The molecule has 3 nitrogen and oxygen atoms in total. The summed E-state index contributed by atoms with van der Waals surface area (Å²) in [5.41, 5.74) is 8.11. The van der Waals surface area contributed by atoms with E-state index in [1.165, 1.54) is 0 Å². The molecule has 0 radical (unpaired) electrons. The number of nitrogens with two attached hydrogens (primary N) is 1. The lowest BCUT2D eigenvalue weighted by molar-refractivity contribution is 0.586. The van der Waals surface area contributed by atoms with Crippen molar-refractivity contribution in [2.45, 2.75) is 36.8 Å². The molecule has 0 bridgehead atoms. The summed E-state index contributed by atoms with van der Waals surface area (Å²) in [5, 5.41) is 0. The molecule has 0 heterocycles. The fraction of sp³-hybridized carbons (Fsp3) is 0.294. The van der Waals surface area contributed by atoms with Crippen molar-refractivity contribution in [1.29, 1.82) is 0 Å². The van der Waals surface area contributed by atoms with Gasteiger partial charge in [-0.25, -0.2) is 8.42 Å². The van der Waals surface area contributed by atoms with Crippen molar-refractivity contribution in [1.82, 2.24) is 0 Å². The molecule has 2 rings (SSSR count). The summed E-state index contributed by atoms with van der Waals surface area (Å²) in [5.74, 6) is -0.0118. The van der Waals surface area contributed by atoms with E-state index in [9.17, 15) is 8.42 Å². The molecule has 2 N–H and O–H groups in total. The van der Waals surface area contributed by atoms with Gasteiger partial charge in [0.05, 0.1) is 10.6 Å². The van der Waals surface area contributed by atoms with Crippen molar-refractivity contribution in [3.05, 3.63) is 59.7 Å². The fourth-order valence-corrected chi connectivity index (χ4v) is 3.43. The first-order valence-corrected chi connectivity index (χ1v) is 8.51. The Morgan fingerprint density at radius 2 is 1.43 bits per heavy atom. The Kier molecular flexibility index (Phi) is 4.10. The van der Waals surface area contributed by atoms with Crippen LogP contribution in [0.3, 0.4) is 0 Å². The average Bonchev–Trinajstić information content (AvgIpc) is 2.40. The minimum atomic E-state index is -3.33. The molecule has 0 aromatic heterocycles. The molecule has 0 fully saturated rings. The summed E-state index contributed by atoms with van der Waals surface area (Å²) in [6.45, 7) is 6.31. The quantitative estimate of drug-likeness (QED) is 0.882. The number of nitrogen functional groups attached to an aromatic ring is 1. The molecule has 0 aliphatic rings. The summed E-state index contributed by atoms with van der Waals surface area (Å²) in [6, 6.07) is 14.1. The Balaban J connectivity index is 2.25. The van der Waals surface area contributed by atoms with Crippen molar-refractivity contribution in [2.75, 3.05) is 5.73 Å². The summed E-state index contributed by atoms with van der Waals surface area (Å²) in [4.78, 5) is 0.354. The normalized spacial score (nSPS) is 12.3. The zero-order chi connectivity index (χ0) is 15.7. The minimum Gasteiger partial charge on any atom is -0.399 e. The fourth-order valence-electron chi connectivity index (χ4n) is 2.08. The molecule has 0 aliphatic heterocycles. The van der Waals surface area contributed by atoms with E-state index in [1.807, 2.05) is 12.1 Å². The van der Waals surface area contributed by atoms with Gasteiger partial charge in [-0.2, -0.15) is 0 Å². The summed E-state index contributed by atoms with van der Waals surface area (Å²) in [7, 11) is -3.33. The lowest BCUT2D eigenvalue weighted by Gasteiger charge is -2.19. The lowest BCUT2D eigenvalue weighted by atomic mass is 9.87. The molecule has 4 heteroatoms. The topological polar surface area (TPSA) is 60.2 Å². The number of sulfone groups is 1. The Bertz CT molecular complexity index is 709. The van der Waals surface area contributed by atoms with Crippen LogP contribution in [-0.4, -0.2) is 8.42 Å². The molecule has 0 atom stereocenters. The Labute approximate surface area is 126 Å². The van der Waals surface area contributed by atoms with Gasteiger partial charge in [0.15, 0.2) is 9.84 Å². The standard InChI is InChI=1S/C17H21NO2S/c1-17(2,3)14-6-10-16(11-7-14)21(19,20)12-13-4-8-15(18)9-5-13/h4-11H,12,18H2,1-3H3. The van der Waals surface area contributed by atoms with Gasteiger partial charge in [0.25, 0.3) is 0 Å². The van der Waals surface area contributed by atoms with Crippen molar-refractivity contribution < 1.29 is 8.42 Å². The number of anilines is 1. The first-order valence-electron chi connectivity index (χ1n) is 6.86. The Morgan fingerprint density at radius 1 is 0.905 bits per heavy atom. The van der Waals surface area contributed by atoms with Crippen molar-refractivity contribution in [3.8, 4) is 0 Å². The average molecular weight is 303 g/mol. The predicted octanol–water partition coefficient (Wildman–Crippen LogP) is 3.54. The first kappa shape index (κ1) is 15.6. The molecule has 21 heavy (non-hydrogen) atoms. The van der Waals surface area contributed by atoms with Gasteiger partial charge in [0.2, 0.25) is 0 Å². The SMILES string of the molecule is CC(C)(C)c1ccc(S(=O)(=O)Cc2ccc(N)cc2)cc1. The molecule has 2 aromatic carbocycles. The van der Waals surface area contributed by atoms with Gasteiger partial charge in [-0.05, 0) is 40.8 Å². The molecule has 0 spiro atoms. The predicted molar refractivity (Wildman–Crippen MR) is 86.9 cm³/mol. The molecular formula is C17H21NO2S. The molecule has 0 saturated heterocycles. The number of hydrogen-bond acceptors (Lipinski definition) is 3. The third kappa shape index (κ3) is 3.85. The van der Waals surface area contributed by atoms with Crippen LogP contribution >= 0.6 is 0 Å². The first-order chi connectivity index (χ1) is 9.68. The van der Waals surface area contributed by atoms with Gasteiger partial charge >= 0.3 is 0 Å². The van der Waals surface area contributed by atoms with Crippen LogP contribution in [0.25, 0.3) is 0 Å². The molecule has 0 unspecified atom stereocenters. The van der Waals surface area contributed by atoms with Gasteiger partial charge in [0.1, 0.15) is 0 Å². The smallest absolute Gasteiger partial charge is 0.182 e. The van der Waals surface area contributed by atoms with Crippen molar-refractivity contribution in [2.24, 2.45) is 0 Å². The second-order valence-corrected chi connectivity index (χ2v) is 8.26. The maximum atomic E-state index is 12.4. The molecule has 2 aromatic rings. The van der Waals surface area contributed by atoms with Crippen LogP contribution in [-0.2, 0) is 21.0 Å². The van der Waals surface area contributed by atoms with E-state index in [-0.39, 0.29) is 11.2 Å². The molecular weight excluding hydrogens is 282 g/mol. The Morgan fingerprint density at radius 3 is 1.90 bits per heavy atom. The third-order valence-corrected chi connectivity index (χ3v) is 5.12. The molecule has 0 aliphatic carbocycles. The van der Waals surface area contributed by atoms with Gasteiger partial charge in [0, 0.05) is 5.69 Å². The van der Waals surface area contributed by atoms with E-state index in [1.54, 1.807) is 36.4 Å². The third-order valence-electron chi connectivity index (χ3n) is 3.42. The largest absolute Gasteiger partial charge is 0.399 e.